The van der Waals surface area contributed by atoms with Gasteiger partial charge in [0, 0.05) is 34.7 Å². The molecule has 0 saturated carbocycles. The van der Waals surface area contributed by atoms with Crippen molar-refractivity contribution in [1.29, 1.82) is 0 Å². The maximum atomic E-state index is 9.21. The first-order chi connectivity index (χ1) is 15.7. The number of pyridine rings is 1. The minimum absolute atomic E-state index is 0.0388. The zero-order valence-corrected chi connectivity index (χ0v) is 18.5. The first kappa shape index (κ1) is 21.9. The summed E-state index contributed by atoms with van der Waals surface area (Å²) in [6.07, 6.45) is 5.09. The second-order valence-corrected chi connectivity index (χ2v) is 7.98. The van der Waals surface area contributed by atoms with E-state index in [0.29, 0.717) is 11.6 Å². The van der Waals surface area contributed by atoms with E-state index in [1.54, 1.807) is 25.4 Å². The molecule has 4 rings (SSSR count). The second-order valence-electron chi connectivity index (χ2n) is 7.10. The first-order valence-electron chi connectivity index (χ1n) is 10.2. The lowest BCUT2D eigenvalue weighted by Gasteiger charge is -2.16. The van der Waals surface area contributed by atoms with Crippen LogP contribution >= 0.6 is 11.9 Å². The molecule has 6 nitrogen and oxygen atoms in total. The molecular formula is C25H24N2O4S. The summed E-state index contributed by atoms with van der Waals surface area (Å²) in [5.74, 6) is 2.81. The maximum Gasteiger partial charge on any atom is 0.216 e. The van der Waals surface area contributed by atoms with Gasteiger partial charge < -0.3 is 19.3 Å². The summed E-state index contributed by atoms with van der Waals surface area (Å²) in [7, 11) is 1.58. The van der Waals surface area contributed by atoms with Crippen LogP contribution in [0, 0.1) is 0 Å². The van der Waals surface area contributed by atoms with Crippen LogP contribution in [-0.4, -0.2) is 30.5 Å². The number of methoxy groups -OCH3 is 1. The van der Waals surface area contributed by atoms with Crippen LogP contribution in [0.4, 0.5) is 0 Å². The molecule has 0 aliphatic heterocycles. The molecule has 32 heavy (non-hydrogen) atoms. The van der Waals surface area contributed by atoms with Crippen LogP contribution in [0.25, 0.3) is 4.91 Å². The predicted octanol–water partition coefficient (Wildman–Crippen LogP) is 5.63. The number of aromatic nitrogens is 1. The van der Waals surface area contributed by atoms with Crippen molar-refractivity contribution >= 4 is 23.6 Å². The Morgan fingerprint density at radius 2 is 2.06 bits per heavy atom. The number of ether oxygens (including phenoxy) is 3. The van der Waals surface area contributed by atoms with Gasteiger partial charge in [0.15, 0.2) is 0 Å². The molecule has 3 aromatic rings. The van der Waals surface area contributed by atoms with Gasteiger partial charge in [0.05, 0.1) is 13.7 Å². The van der Waals surface area contributed by atoms with E-state index >= 15 is 0 Å². The molecule has 1 N–H and O–H groups in total. The van der Waals surface area contributed by atoms with Crippen molar-refractivity contribution in [3.63, 3.8) is 0 Å². The molecule has 1 aliphatic rings. The topological polar surface area (TPSA) is 73.2 Å². The molecule has 0 spiro atoms. The quantitative estimate of drug-likeness (QED) is 0.338. The van der Waals surface area contributed by atoms with E-state index in [1.165, 1.54) is 11.9 Å². The van der Waals surface area contributed by atoms with Crippen LogP contribution in [0.1, 0.15) is 29.2 Å². The maximum absolute atomic E-state index is 9.21. The van der Waals surface area contributed by atoms with Gasteiger partial charge in [-0.2, -0.15) is 0 Å². The molecule has 1 heterocycles. The van der Waals surface area contributed by atoms with E-state index in [0.717, 1.165) is 45.9 Å². The number of fused-ring (bicyclic) bond motifs is 1. The highest BCUT2D eigenvalue weighted by Gasteiger charge is 2.27. The van der Waals surface area contributed by atoms with Crippen LogP contribution in [0.3, 0.4) is 0 Å². The molecule has 1 unspecified atom stereocenters. The summed E-state index contributed by atoms with van der Waals surface area (Å²) < 4.78 is 21.5. The number of hydrogen-bond donors (Lipinski definition) is 1. The molecule has 1 aromatic heterocycles. The first-order valence-corrected chi connectivity index (χ1v) is 11.0. The van der Waals surface area contributed by atoms with Gasteiger partial charge in [0.1, 0.15) is 23.4 Å². The molecule has 1 aliphatic carbocycles. The van der Waals surface area contributed by atoms with E-state index in [4.69, 9.17) is 14.2 Å². The number of rotatable bonds is 9. The largest absolute Gasteiger partial charge is 0.486 e. The highest BCUT2D eigenvalue weighted by atomic mass is 32.2. The Kier molecular flexibility index (Phi) is 7.09. The van der Waals surface area contributed by atoms with Gasteiger partial charge in [-0.15, -0.1) is 0 Å². The summed E-state index contributed by atoms with van der Waals surface area (Å²) in [5.41, 5.74) is 3.26. The number of aliphatic hydroxyl groups is 1. The summed E-state index contributed by atoms with van der Waals surface area (Å²) in [4.78, 5) is 4.98. The smallest absolute Gasteiger partial charge is 0.216 e. The van der Waals surface area contributed by atoms with Gasteiger partial charge in [-0.25, -0.2) is 9.38 Å². The van der Waals surface area contributed by atoms with Gasteiger partial charge in [-0.1, -0.05) is 24.3 Å². The Morgan fingerprint density at radius 3 is 2.81 bits per heavy atom. The monoisotopic (exact) mass is 448 g/mol. The Morgan fingerprint density at radius 1 is 1.22 bits per heavy atom. The molecule has 0 fully saturated rings. The molecule has 0 saturated heterocycles. The van der Waals surface area contributed by atoms with Crippen LogP contribution < -0.4 is 14.2 Å². The Labute approximate surface area is 191 Å². The van der Waals surface area contributed by atoms with Crippen molar-refractivity contribution in [2.45, 2.75) is 18.9 Å². The third kappa shape index (κ3) is 4.95. The van der Waals surface area contributed by atoms with Crippen molar-refractivity contribution in [2.24, 2.45) is 4.40 Å². The normalized spacial score (nSPS) is 15.2. The fourth-order valence-corrected chi connectivity index (χ4v) is 4.25. The summed E-state index contributed by atoms with van der Waals surface area (Å²) in [5, 5.41) is 9.21. The average molecular weight is 449 g/mol. The zero-order chi connectivity index (χ0) is 22.3. The summed E-state index contributed by atoms with van der Waals surface area (Å²) >= 11 is 1.24. The van der Waals surface area contributed by atoms with Crippen LogP contribution in [-0.2, 0) is 6.42 Å². The SMILES string of the molecule is C=NS/C(=C\CO)c1ccc(OC2CCc3c(Oc4ccnc(OC)c4)cccc32)cc1. The standard InChI is InChI=1S/C25H24N2O4S/c1-26-32-24(13-15-28)17-6-8-18(9-7-17)30-23-11-10-21-20(23)4-3-5-22(21)31-19-12-14-27-25(16-19)29-2/h3-9,12-14,16,23,28H,1,10-11,15H2,2H3/b24-13-. The van der Waals surface area contributed by atoms with Crippen molar-refractivity contribution < 1.29 is 19.3 Å². The number of nitrogens with zero attached hydrogens (tertiary/aromatic N) is 2. The van der Waals surface area contributed by atoms with Crippen LogP contribution in [0.15, 0.2) is 71.3 Å². The van der Waals surface area contributed by atoms with Gasteiger partial charge in [-0.3, -0.25) is 0 Å². The van der Waals surface area contributed by atoms with Gasteiger partial charge in [0.2, 0.25) is 5.88 Å². The number of benzene rings is 2. The van der Waals surface area contributed by atoms with Gasteiger partial charge in [0.25, 0.3) is 0 Å². The Balaban J connectivity index is 1.50. The van der Waals surface area contributed by atoms with Crippen LogP contribution in [0.5, 0.6) is 23.1 Å². The van der Waals surface area contributed by atoms with Gasteiger partial charge in [-0.05, 0) is 61.0 Å². The fourth-order valence-electron chi connectivity index (χ4n) is 3.72. The lowest BCUT2D eigenvalue weighted by Crippen LogP contribution is -2.03. The minimum Gasteiger partial charge on any atom is -0.486 e. The summed E-state index contributed by atoms with van der Waals surface area (Å²) in [6.45, 7) is 3.45. The Bertz CT molecular complexity index is 1120. The lowest BCUT2D eigenvalue weighted by molar-refractivity contribution is 0.207. The molecule has 0 bridgehead atoms. The van der Waals surface area contributed by atoms with Crippen molar-refractivity contribution in [2.75, 3.05) is 13.7 Å². The second kappa shape index (κ2) is 10.3. The molecule has 7 heteroatoms. The Hall–Kier alpha value is -3.29. The molecule has 0 radical (unpaired) electrons. The lowest BCUT2D eigenvalue weighted by atomic mass is 10.1. The van der Waals surface area contributed by atoms with E-state index in [2.05, 4.69) is 22.2 Å². The molecule has 0 amide bonds. The third-order valence-corrected chi connectivity index (χ3v) is 5.90. The zero-order valence-electron chi connectivity index (χ0n) is 17.7. The minimum atomic E-state index is -0.0500. The molecular weight excluding hydrogens is 424 g/mol. The number of hydrogen-bond acceptors (Lipinski definition) is 7. The van der Waals surface area contributed by atoms with Crippen molar-refractivity contribution in [1.82, 2.24) is 4.98 Å². The predicted molar refractivity (Wildman–Crippen MR) is 128 cm³/mol. The van der Waals surface area contributed by atoms with Crippen molar-refractivity contribution in [3.8, 4) is 23.1 Å². The fraction of sp³-hybridized carbons (Fsp3) is 0.200. The van der Waals surface area contributed by atoms with Crippen LogP contribution in [0.2, 0.25) is 0 Å². The summed E-state index contributed by atoms with van der Waals surface area (Å²) in [6, 6.07) is 17.4. The van der Waals surface area contributed by atoms with Gasteiger partial charge >= 0.3 is 0 Å². The number of aliphatic hydroxyl groups excluding tert-OH is 1. The third-order valence-electron chi connectivity index (χ3n) is 5.17. The van der Waals surface area contributed by atoms with Crippen molar-refractivity contribution in [3.05, 3.63) is 83.6 Å². The molecule has 1 atom stereocenters. The molecule has 164 valence electrons. The van der Waals surface area contributed by atoms with E-state index < -0.39 is 0 Å². The van der Waals surface area contributed by atoms with E-state index in [9.17, 15) is 5.11 Å². The highest BCUT2D eigenvalue weighted by molar-refractivity contribution is 8.07. The van der Waals surface area contributed by atoms with E-state index in [-0.39, 0.29) is 12.7 Å². The van der Waals surface area contributed by atoms with E-state index in [1.807, 2.05) is 42.5 Å². The molecule has 2 aromatic carbocycles. The average Bonchev–Trinajstić information content (AvgIpc) is 3.23. The highest BCUT2D eigenvalue weighted by Crippen LogP contribution is 2.41.